The summed E-state index contributed by atoms with van der Waals surface area (Å²) in [5, 5.41) is 24.7. The van der Waals surface area contributed by atoms with Crippen molar-refractivity contribution in [2.24, 2.45) is 16.8 Å². The minimum absolute atomic E-state index is 0.210. The Kier molecular flexibility index (Phi) is 7.72. The van der Waals surface area contributed by atoms with Crippen LogP contribution in [0, 0.1) is 23.2 Å². The van der Waals surface area contributed by atoms with Crippen LogP contribution in [-0.2, 0) is 29.4 Å². The number of aliphatic hydroxyl groups is 1. The number of nitriles is 1. The zero-order valence-corrected chi connectivity index (χ0v) is 20.6. The van der Waals surface area contributed by atoms with Crippen LogP contribution in [0.1, 0.15) is 33.4 Å². The zero-order valence-electron chi connectivity index (χ0n) is 20.6. The lowest BCUT2D eigenvalue weighted by molar-refractivity contribution is -0.173. The molecule has 0 radical (unpaired) electrons. The summed E-state index contributed by atoms with van der Waals surface area (Å²) in [6.45, 7) is 5.99. The molecule has 0 aromatic carbocycles. The number of hydrogen-bond acceptors (Lipinski definition) is 10. The molecule has 1 fully saturated rings. The van der Waals surface area contributed by atoms with Gasteiger partial charge in [0.15, 0.2) is 18.0 Å². The minimum atomic E-state index is -1.94. The molecule has 0 saturated carbocycles. The van der Waals surface area contributed by atoms with E-state index >= 15 is 0 Å². The molecule has 0 bridgehead atoms. The Bertz CT molecular complexity index is 1150. The van der Waals surface area contributed by atoms with E-state index in [0.717, 1.165) is 0 Å². The first-order valence-corrected chi connectivity index (χ1v) is 11.2. The summed E-state index contributed by atoms with van der Waals surface area (Å²) in [4.78, 5) is 35.4. The van der Waals surface area contributed by atoms with Crippen LogP contribution in [0.15, 0.2) is 23.5 Å². The van der Waals surface area contributed by atoms with Gasteiger partial charge in [-0.05, 0) is 12.1 Å². The maximum Gasteiger partial charge on any atom is 0.308 e. The molecule has 3 heterocycles. The molecule has 0 spiro atoms. The highest BCUT2D eigenvalue weighted by molar-refractivity contribution is 5.74. The first kappa shape index (κ1) is 26.1. The van der Waals surface area contributed by atoms with Gasteiger partial charge in [0.05, 0.1) is 30.5 Å². The fourth-order valence-corrected chi connectivity index (χ4v) is 3.58. The van der Waals surface area contributed by atoms with E-state index in [1.54, 1.807) is 51.1 Å². The number of ether oxygens (including phenoxy) is 3. The summed E-state index contributed by atoms with van der Waals surface area (Å²) in [5.41, 5.74) is -1.26. The number of rotatable bonds is 8. The highest BCUT2D eigenvalue weighted by atomic mass is 16.6. The third-order valence-electron chi connectivity index (χ3n) is 5.41. The molecule has 1 N–H and O–H groups in total. The average Bonchev–Trinajstić information content (AvgIpc) is 3.38. The normalized spacial score (nSPS) is 24.3. The van der Waals surface area contributed by atoms with E-state index in [4.69, 9.17) is 14.2 Å². The molecule has 1 aliphatic rings. The molecule has 3 rings (SSSR count). The van der Waals surface area contributed by atoms with Crippen LogP contribution in [0.25, 0.3) is 5.52 Å². The predicted molar refractivity (Wildman–Crippen MR) is 124 cm³/mol. The van der Waals surface area contributed by atoms with Gasteiger partial charge >= 0.3 is 11.9 Å². The Labute approximate surface area is 203 Å². The Balaban J connectivity index is 2.18. The van der Waals surface area contributed by atoms with E-state index in [1.165, 1.54) is 10.8 Å². The predicted octanol–water partition coefficient (Wildman–Crippen LogP) is 1.20. The highest BCUT2D eigenvalue weighted by Gasteiger charge is 2.62. The van der Waals surface area contributed by atoms with Gasteiger partial charge in [-0.3, -0.25) is 9.59 Å². The monoisotopic (exact) mass is 486 g/mol. The SMILES string of the molecule is CC(C)C(=O)O[C@H]1[C@@H](OC(=O)C(C)C)[C@](C#N)(c2ccc3c(N=CN(C)C)ncnn23)O[C@@H]1CO. The molecule has 1 aliphatic heterocycles. The molecule has 1 saturated heterocycles. The number of aromatic nitrogens is 3. The van der Waals surface area contributed by atoms with Crippen LogP contribution < -0.4 is 0 Å². The van der Waals surface area contributed by atoms with E-state index in [0.29, 0.717) is 11.3 Å². The van der Waals surface area contributed by atoms with E-state index < -0.39 is 54.3 Å². The van der Waals surface area contributed by atoms with E-state index in [9.17, 15) is 20.0 Å². The van der Waals surface area contributed by atoms with Crippen molar-refractivity contribution in [3.8, 4) is 6.07 Å². The van der Waals surface area contributed by atoms with Crippen LogP contribution >= 0.6 is 0 Å². The number of nitrogens with zero attached hydrogens (tertiary/aromatic N) is 6. The number of carbonyl (C=O) groups excluding carboxylic acids is 2. The summed E-state index contributed by atoms with van der Waals surface area (Å²) >= 11 is 0. The molecule has 12 heteroatoms. The van der Waals surface area contributed by atoms with E-state index in [2.05, 4.69) is 21.1 Å². The highest BCUT2D eigenvalue weighted by Crippen LogP contribution is 2.44. The fourth-order valence-electron chi connectivity index (χ4n) is 3.58. The van der Waals surface area contributed by atoms with E-state index in [-0.39, 0.29) is 5.69 Å². The summed E-state index contributed by atoms with van der Waals surface area (Å²) in [6, 6.07) is 5.34. The first-order chi connectivity index (χ1) is 16.5. The zero-order chi connectivity index (χ0) is 25.9. The minimum Gasteiger partial charge on any atom is -0.455 e. The van der Waals surface area contributed by atoms with Crippen molar-refractivity contribution in [2.75, 3.05) is 20.7 Å². The van der Waals surface area contributed by atoms with Gasteiger partial charge in [-0.15, -0.1) is 0 Å². The maximum atomic E-state index is 12.7. The summed E-state index contributed by atoms with van der Waals surface area (Å²) in [6.07, 6.45) is -0.883. The fraction of sp³-hybridized carbons (Fsp3) is 0.565. The summed E-state index contributed by atoms with van der Waals surface area (Å²) < 4.78 is 18.8. The number of esters is 2. The molecule has 0 aliphatic carbocycles. The van der Waals surface area contributed by atoms with Crippen LogP contribution in [0.4, 0.5) is 5.82 Å². The third kappa shape index (κ3) is 4.96. The van der Waals surface area contributed by atoms with Gasteiger partial charge in [0.2, 0.25) is 5.60 Å². The van der Waals surface area contributed by atoms with Crippen molar-refractivity contribution in [1.29, 1.82) is 5.26 Å². The number of fused-ring (bicyclic) bond motifs is 1. The van der Waals surface area contributed by atoms with Gasteiger partial charge in [0.1, 0.15) is 24.0 Å². The Morgan fingerprint density at radius 1 is 1.29 bits per heavy atom. The largest absolute Gasteiger partial charge is 0.455 e. The first-order valence-electron chi connectivity index (χ1n) is 11.2. The van der Waals surface area contributed by atoms with Gasteiger partial charge in [-0.2, -0.15) is 10.4 Å². The second-order valence-electron chi connectivity index (χ2n) is 9.06. The molecular formula is C23H30N6O6. The van der Waals surface area contributed by atoms with Gasteiger partial charge in [0, 0.05) is 14.1 Å². The van der Waals surface area contributed by atoms with Crippen molar-refractivity contribution in [1.82, 2.24) is 19.5 Å². The quantitative estimate of drug-likeness (QED) is 0.327. The second-order valence-corrected chi connectivity index (χ2v) is 9.06. The van der Waals surface area contributed by atoms with Crippen molar-refractivity contribution in [2.45, 2.75) is 51.6 Å². The topological polar surface area (TPSA) is 152 Å². The van der Waals surface area contributed by atoms with Gasteiger partial charge in [-0.1, -0.05) is 27.7 Å². The number of aliphatic imine (C=N–C) groups is 1. The van der Waals surface area contributed by atoms with Gasteiger partial charge in [0.25, 0.3) is 0 Å². The second kappa shape index (κ2) is 10.4. The molecule has 2 aromatic heterocycles. The summed E-state index contributed by atoms with van der Waals surface area (Å²) in [5.74, 6) is -1.89. The maximum absolute atomic E-state index is 12.7. The van der Waals surface area contributed by atoms with Crippen molar-refractivity contribution in [3.05, 3.63) is 24.2 Å². The number of carbonyl (C=O) groups is 2. The lowest BCUT2D eigenvalue weighted by atomic mass is 9.92. The van der Waals surface area contributed by atoms with Crippen LogP contribution in [0.2, 0.25) is 0 Å². The van der Waals surface area contributed by atoms with Crippen LogP contribution in [0.3, 0.4) is 0 Å². The lowest BCUT2D eigenvalue weighted by Crippen LogP contribution is -2.47. The Morgan fingerprint density at radius 2 is 1.94 bits per heavy atom. The molecular weight excluding hydrogens is 456 g/mol. The number of aliphatic hydroxyl groups excluding tert-OH is 1. The molecule has 12 nitrogen and oxygen atoms in total. The molecule has 0 amide bonds. The number of hydrogen-bond donors (Lipinski definition) is 1. The molecule has 188 valence electrons. The van der Waals surface area contributed by atoms with Gasteiger partial charge < -0.3 is 24.2 Å². The summed E-state index contributed by atoms with van der Waals surface area (Å²) in [7, 11) is 3.62. The average molecular weight is 487 g/mol. The molecule has 35 heavy (non-hydrogen) atoms. The van der Waals surface area contributed by atoms with Crippen molar-refractivity contribution >= 4 is 29.6 Å². The smallest absolute Gasteiger partial charge is 0.308 e. The lowest BCUT2D eigenvalue weighted by Gasteiger charge is -2.29. The molecule has 2 aromatic rings. The van der Waals surface area contributed by atoms with Crippen LogP contribution in [0.5, 0.6) is 0 Å². The van der Waals surface area contributed by atoms with Crippen molar-refractivity contribution < 1.29 is 28.9 Å². The third-order valence-corrected chi connectivity index (χ3v) is 5.41. The van der Waals surface area contributed by atoms with Crippen LogP contribution in [-0.4, -0.2) is 81.9 Å². The Hall–Kier alpha value is -3.56. The Morgan fingerprint density at radius 3 is 2.51 bits per heavy atom. The van der Waals surface area contributed by atoms with Gasteiger partial charge in [-0.25, -0.2) is 14.5 Å². The standard InChI is InChI=1S/C23H30N6O6/c1-13(2)21(31)33-18-16(9-30)35-23(10-24,19(18)34-22(32)14(3)4)17-8-7-15-20(26-12-28(5)6)25-11-27-29(15)17/h7-8,11-14,16,18-19,30H,9H2,1-6H3/t16-,18-,19-,23+/m1/s1. The molecule has 4 atom stereocenters. The van der Waals surface area contributed by atoms with E-state index in [1.807, 2.05) is 14.1 Å². The van der Waals surface area contributed by atoms with Crippen molar-refractivity contribution in [3.63, 3.8) is 0 Å². The molecule has 0 unspecified atom stereocenters.